The monoisotopic (exact) mass is 183 g/mol. The molecule has 2 aromatic rings. The molecule has 0 aliphatic heterocycles. The van der Waals surface area contributed by atoms with Crippen LogP contribution in [0.1, 0.15) is 17.1 Å². The Morgan fingerprint density at radius 3 is 2.58 bits per heavy atom. The van der Waals surface area contributed by atoms with Gasteiger partial charge in [-0.2, -0.15) is 0 Å². The van der Waals surface area contributed by atoms with Crippen molar-refractivity contribution in [2.45, 2.75) is 20.8 Å². The molecule has 0 aromatic carbocycles. The van der Waals surface area contributed by atoms with Crippen LogP contribution in [-0.2, 0) is 0 Å². The predicted octanol–water partition coefficient (Wildman–Crippen LogP) is 2.24. The summed E-state index contributed by atoms with van der Waals surface area (Å²) >= 11 is 6.01. The lowest BCUT2D eigenvalue weighted by Crippen LogP contribution is -1.87. The number of nitrogens with zero attached hydrogens (tertiary/aromatic N) is 2. The number of H-pyrrole nitrogens is 1. The molecule has 64 valence electrons. The molecule has 0 saturated carbocycles. The van der Waals surface area contributed by atoms with Crippen LogP contribution in [0.3, 0.4) is 0 Å². The van der Waals surface area contributed by atoms with Crippen molar-refractivity contribution in [2.24, 2.45) is 0 Å². The van der Waals surface area contributed by atoms with E-state index in [1.54, 1.807) is 0 Å². The molecule has 0 bridgehead atoms. The SMILES string of the molecule is Cc1nc2c(Cl)c(C)[nH]n2c1C. The van der Waals surface area contributed by atoms with E-state index in [4.69, 9.17) is 11.6 Å². The van der Waals surface area contributed by atoms with Gasteiger partial charge >= 0.3 is 0 Å². The summed E-state index contributed by atoms with van der Waals surface area (Å²) in [6.45, 7) is 5.93. The van der Waals surface area contributed by atoms with Crippen molar-refractivity contribution < 1.29 is 0 Å². The van der Waals surface area contributed by atoms with Gasteiger partial charge in [-0.25, -0.2) is 9.50 Å². The first kappa shape index (κ1) is 7.68. The van der Waals surface area contributed by atoms with Gasteiger partial charge in [-0.15, -0.1) is 0 Å². The van der Waals surface area contributed by atoms with Crippen molar-refractivity contribution in [3.8, 4) is 0 Å². The number of fused-ring (bicyclic) bond motifs is 1. The van der Waals surface area contributed by atoms with Gasteiger partial charge < -0.3 is 0 Å². The molecule has 0 saturated heterocycles. The topological polar surface area (TPSA) is 33.1 Å². The van der Waals surface area contributed by atoms with E-state index in [1.807, 2.05) is 25.3 Å². The summed E-state index contributed by atoms with van der Waals surface area (Å²) in [5.74, 6) is 0. The lowest BCUT2D eigenvalue weighted by atomic mass is 10.4. The summed E-state index contributed by atoms with van der Waals surface area (Å²) in [6, 6.07) is 0. The fraction of sp³-hybridized carbons (Fsp3) is 0.375. The normalized spacial score (nSPS) is 11.3. The first-order valence-electron chi connectivity index (χ1n) is 3.81. The average Bonchev–Trinajstić information content (AvgIpc) is 2.43. The molecule has 0 spiro atoms. The molecule has 0 aliphatic carbocycles. The molecule has 0 atom stereocenters. The van der Waals surface area contributed by atoms with Gasteiger partial charge in [0.15, 0.2) is 5.65 Å². The number of aromatic amines is 1. The fourth-order valence-electron chi connectivity index (χ4n) is 1.28. The van der Waals surface area contributed by atoms with Crippen molar-refractivity contribution in [2.75, 3.05) is 0 Å². The Morgan fingerprint density at radius 1 is 1.33 bits per heavy atom. The number of hydrogen-bond donors (Lipinski definition) is 1. The van der Waals surface area contributed by atoms with Crippen molar-refractivity contribution >= 4 is 17.2 Å². The van der Waals surface area contributed by atoms with Crippen molar-refractivity contribution in [3.05, 3.63) is 22.1 Å². The lowest BCUT2D eigenvalue weighted by molar-refractivity contribution is 0.902. The Bertz CT molecular complexity index is 397. The highest BCUT2D eigenvalue weighted by atomic mass is 35.5. The van der Waals surface area contributed by atoms with Crippen LogP contribution in [-0.4, -0.2) is 14.6 Å². The van der Waals surface area contributed by atoms with E-state index in [-0.39, 0.29) is 0 Å². The molecule has 2 aromatic heterocycles. The van der Waals surface area contributed by atoms with Crippen LogP contribution in [0, 0.1) is 20.8 Å². The van der Waals surface area contributed by atoms with Gasteiger partial charge in [0.25, 0.3) is 0 Å². The number of aryl methyl sites for hydroxylation is 3. The van der Waals surface area contributed by atoms with Crippen molar-refractivity contribution in [1.82, 2.24) is 14.6 Å². The third-order valence-electron chi connectivity index (χ3n) is 2.15. The third kappa shape index (κ3) is 0.799. The van der Waals surface area contributed by atoms with Gasteiger partial charge in [0.1, 0.15) is 5.02 Å². The molecule has 0 amide bonds. The van der Waals surface area contributed by atoms with Gasteiger partial charge in [0.2, 0.25) is 0 Å². The maximum Gasteiger partial charge on any atom is 0.172 e. The Hall–Kier alpha value is -0.960. The van der Waals surface area contributed by atoms with Crippen LogP contribution < -0.4 is 0 Å². The molecule has 0 unspecified atom stereocenters. The lowest BCUT2D eigenvalue weighted by Gasteiger charge is -1.89. The summed E-state index contributed by atoms with van der Waals surface area (Å²) in [5, 5.41) is 3.85. The first-order chi connectivity index (χ1) is 5.61. The second kappa shape index (κ2) is 2.26. The van der Waals surface area contributed by atoms with Crippen LogP contribution in [0.4, 0.5) is 0 Å². The zero-order valence-corrected chi connectivity index (χ0v) is 8.03. The number of rotatable bonds is 0. The molecule has 2 heterocycles. The summed E-state index contributed by atoms with van der Waals surface area (Å²) in [5.41, 5.74) is 3.91. The minimum Gasteiger partial charge on any atom is -0.295 e. The highest BCUT2D eigenvalue weighted by Crippen LogP contribution is 2.22. The summed E-state index contributed by atoms with van der Waals surface area (Å²) in [7, 11) is 0. The van der Waals surface area contributed by atoms with Gasteiger partial charge in [-0.1, -0.05) is 11.6 Å². The Morgan fingerprint density at radius 2 is 2.00 bits per heavy atom. The molecular weight excluding hydrogens is 174 g/mol. The molecule has 12 heavy (non-hydrogen) atoms. The summed E-state index contributed by atoms with van der Waals surface area (Å²) in [6.07, 6.45) is 0. The van der Waals surface area contributed by atoms with Crippen LogP contribution in [0.15, 0.2) is 0 Å². The van der Waals surface area contributed by atoms with E-state index in [2.05, 4.69) is 10.1 Å². The van der Waals surface area contributed by atoms with Crippen LogP contribution in [0.5, 0.6) is 0 Å². The largest absolute Gasteiger partial charge is 0.295 e. The highest BCUT2D eigenvalue weighted by Gasteiger charge is 2.11. The minimum atomic E-state index is 0.714. The molecule has 1 N–H and O–H groups in total. The minimum absolute atomic E-state index is 0.714. The molecule has 0 radical (unpaired) electrons. The van der Waals surface area contributed by atoms with E-state index >= 15 is 0 Å². The molecular formula is C8H10ClN3. The van der Waals surface area contributed by atoms with Gasteiger partial charge in [0, 0.05) is 0 Å². The predicted molar refractivity (Wildman–Crippen MR) is 48.8 cm³/mol. The molecule has 4 heteroatoms. The van der Waals surface area contributed by atoms with E-state index in [1.165, 1.54) is 0 Å². The molecule has 3 nitrogen and oxygen atoms in total. The number of aromatic nitrogens is 3. The van der Waals surface area contributed by atoms with Crippen LogP contribution in [0.2, 0.25) is 5.02 Å². The maximum absolute atomic E-state index is 6.01. The fourth-order valence-corrected chi connectivity index (χ4v) is 1.45. The second-order valence-electron chi connectivity index (χ2n) is 2.99. The van der Waals surface area contributed by atoms with E-state index in [0.717, 1.165) is 22.7 Å². The van der Waals surface area contributed by atoms with Gasteiger partial charge in [-0.3, -0.25) is 5.10 Å². The number of imidazole rings is 1. The first-order valence-corrected chi connectivity index (χ1v) is 4.18. The molecule has 0 aliphatic rings. The highest BCUT2D eigenvalue weighted by molar-refractivity contribution is 6.34. The second-order valence-corrected chi connectivity index (χ2v) is 3.37. The Labute approximate surface area is 75.3 Å². The molecule has 2 rings (SSSR count). The standard InChI is InChI=1S/C8H10ClN3/c1-4-6(3)12-8(10-4)7(9)5(2)11-12/h11H,1-3H3. The zero-order chi connectivity index (χ0) is 8.88. The zero-order valence-electron chi connectivity index (χ0n) is 7.27. The Kier molecular flexibility index (Phi) is 1.45. The number of hydrogen-bond acceptors (Lipinski definition) is 1. The van der Waals surface area contributed by atoms with Crippen molar-refractivity contribution in [3.63, 3.8) is 0 Å². The Balaban J connectivity index is 2.93. The van der Waals surface area contributed by atoms with Gasteiger partial charge in [0.05, 0.1) is 17.1 Å². The number of halogens is 1. The van der Waals surface area contributed by atoms with Crippen molar-refractivity contribution in [1.29, 1.82) is 0 Å². The average molecular weight is 184 g/mol. The van der Waals surface area contributed by atoms with E-state index in [0.29, 0.717) is 5.02 Å². The van der Waals surface area contributed by atoms with Gasteiger partial charge in [-0.05, 0) is 20.8 Å². The summed E-state index contributed by atoms with van der Waals surface area (Å²) in [4.78, 5) is 4.33. The van der Waals surface area contributed by atoms with Crippen LogP contribution >= 0.6 is 11.6 Å². The molecule has 0 fully saturated rings. The van der Waals surface area contributed by atoms with Crippen LogP contribution in [0.25, 0.3) is 5.65 Å². The smallest absolute Gasteiger partial charge is 0.172 e. The van der Waals surface area contributed by atoms with E-state index < -0.39 is 0 Å². The van der Waals surface area contributed by atoms with E-state index in [9.17, 15) is 0 Å². The maximum atomic E-state index is 6.01. The number of nitrogens with one attached hydrogen (secondary N) is 1. The third-order valence-corrected chi connectivity index (χ3v) is 2.60. The summed E-state index contributed by atoms with van der Waals surface area (Å²) < 4.78 is 1.91. The quantitative estimate of drug-likeness (QED) is 0.668.